The number of carbonyl (C=O) groups excluding carboxylic acids is 1. The molecular formula is C21H16N4O4. The summed E-state index contributed by atoms with van der Waals surface area (Å²) in [7, 11) is 0. The molecule has 4 aromatic rings. The molecule has 3 aromatic carbocycles. The molecule has 0 saturated heterocycles. The number of nitrogens with zero attached hydrogens (tertiary/aromatic N) is 4. The summed E-state index contributed by atoms with van der Waals surface area (Å²) >= 11 is 0. The fraction of sp³-hybridized carbons (Fsp3) is 0.0952. The lowest BCUT2D eigenvalue weighted by atomic mass is 10.1. The Hall–Kier alpha value is -4.07. The Morgan fingerprint density at radius 3 is 2.31 bits per heavy atom. The van der Waals surface area contributed by atoms with Crippen LogP contribution in [0.15, 0.2) is 60.7 Å². The van der Waals surface area contributed by atoms with Gasteiger partial charge in [-0.05, 0) is 55.8 Å². The average Bonchev–Trinajstić information content (AvgIpc) is 3.13. The molecule has 0 aliphatic rings. The lowest BCUT2D eigenvalue weighted by Crippen LogP contribution is -2.12. The van der Waals surface area contributed by atoms with Crippen molar-refractivity contribution in [2.45, 2.75) is 13.8 Å². The number of hydrogen-bond acceptors (Lipinski definition) is 6. The van der Waals surface area contributed by atoms with Crippen LogP contribution in [0.2, 0.25) is 0 Å². The van der Waals surface area contributed by atoms with E-state index in [0.29, 0.717) is 11.3 Å². The van der Waals surface area contributed by atoms with Crippen molar-refractivity contribution >= 4 is 22.7 Å². The third-order valence-corrected chi connectivity index (χ3v) is 4.45. The number of nitro groups is 1. The Labute approximate surface area is 165 Å². The Kier molecular flexibility index (Phi) is 4.52. The highest BCUT2D eigenvalue weighted by Crippen LogP contribution is 2.26. The fourth-order valence-electron chi connectivity index (χ4n) is 2.98. The van der Waals surface area contributed by atoms with Crippen LogP contribution in [0, 0.1) is 24.0 Å². The largest absolute Gasteiger partial charge is 0.421 e. The van der Waals surface area contributed by atoms with E-state index in [1.807, 2.05) is 43.3 Å². The molecule has 0 aliphatic carbocycles. The molecule has 0 unspecified atom stereocenters. The van der Waals surface area contributed by atoms with E-state index in [9.17, 15) is 14.9 Å². The van der Waals surface area contributed by atoms with Gasteiger partial charge in [0.15, 0.2) is 5.75 Å². The highest BCUT2D eigenvalue weighted by Gasteiger charge is 2.18. The summed E-state index contributed by atoms with van der Waals surface area (Å²) in [5.74, 6) is -0.332. The Balaban J connectivity index is 1.70. The molecule has 0 fully saturated rings. The van der Waals surface area contributed by atoms with E-state index in [2.05, 4.69) is 10.2 Å². The first-order chi connectivity index (χ1) is 13.9. The first kappa shape index (κ1) is 18.3. The number of aryl methyl sites for hydroxylation is 2. The van der Waals surface area contributed by atoms with Gasteiger partial charge in [-0.15, -0.1) is 15.0 Å². The number of nitro benzene ring substituents is 1. The number of aromatic nitrogens is 3. The zero-order chi connectivity index (χ0) is 20.5. The molecule has 8 heteroatoms. The van der Waals surface area contributed by atoms with Crippen molar-refractivity contribution in [2.24, 2.45) is 0 Å². The zero-order valence-corrected chi connectivity index (χ0v) is 15.7. The smallest absolute Gasteiger partial charge is 0.343 e. The second-order valence-electron chi connectivity index (χ2n) is 6.60. The fourth-order valence-corrected chi connectivity index (χ4v) is 2.98. The summed E-state index contributed by atoms with van der Waals surface area (Å²) in [5.41, 5.74) is 3.46. The molecule has 1 heterocycles. The van der Waals surface area contributed by atoms with Gasteiger partial charge in [0.05, 0.1) is 10.5 Å². The predicted octanol–water partition coefficient (Wildman–Crippen LogP) is 4.16. The normalized spacial score (nSPS) is 10.8. The minimum atomic E-state index is -0.621. The van der Waals surface area contributed by atoms with Crippen LogP contribution in [0.5, 0.6) is 5.75 Å². The molecule has 144 valence electrons. The van der Waals surface area contributed by atoms with Gasteiger partial charge < -0.3 is 4.74 Å². The number of hydrogen-bond donors (Lipinski definition) is 0. The van der Waals surface area contributed by atoms with Crippen molar-refractivity contribution in [1.82, 2.24) is 15.0 Å². The van der Waals surface area contributed by atoms with Crippen LogP contribution in [-0.4, -0.2) is 25.9 Å². The van der Waals surface area contributed by atoms with E-state index in [1.165, 1.54) is 23.0 Å². The van der Waals surface area contributed by atoms with Gasteiger partial charge in [-0.3, -0.25) is 10.1 Å². The first-order valence-corrected chi connectivity index (χ1v) is 8.83. The third-order valence-electron chi connectivity index (χ3n) is 4.45. The van der Waals surface area contributed by atoms with E-state index in [0.717, 1.165) is 16.6 Å². The topological polar surface area (TPSA) is 100 Å². The van der Waals surface area contributed by atoms with E-state index in [4.69, 9.17) is 4.74 Å². The van der Waals surface area contributed by atoms with Crippen molar-refractivity contribution in [1.29, 1.82) is 0 Å². The summed E-state index contributed by atoms with van der Waals surface area (Å²) < 4.78 is 5.58. The third kappa shape index (κ3) is 3.55. The van der Waals surface area contributed by atoms with Gasteiger partial charge in [0.2, 0.25) is 0 Å². The van der Waals surface area contributed by atoms with Crippen molar-refractivity contribution in [3.8, 4) is 11.4 Å². The van der Waals surface area contributed by atoms with Crippen molar-refractivity contribution < 1.29 is 14.5 Å². The van der Waals surface area contributed by atoms with Gasteiger partial charge in [-0.2, -0.15) is 0 Å². The van der Waals surface area contributed by atoms with Crippen LogP contribution in [0.3, 0.4) is 0 Å². The van der Waals surface area contributed by atoms with Gasteiger partial charge in [-0.1, -0.05) is 18.2 Å². The Morgan fingerprint density at radius 1 is 1.00 bits per heavy atom. The van der Waals surface area contributed by atoms with Crippen molar-refractivity contribution in [3.05, 3.63) is 87.5 Å². The molecule has 0 radical (unpaired) electrons. The lowest BCUT2D eigenvalue weighted by Gasteiger charge is -2.10. The summed E-state index contributed by atoms with van der Waals surface area (Å²) in [5, 5.41) is 19.9. The van der Waals surface area contributed by atoms with Crippen LogP contribution in [0.4, 0.5) is 5.69 Å². The van der Waals surface area contributed by atoms with Crippen LogP contribution in [0.1, 0.15) is 21.5 Å². The number of carbonyl (C=O) groups is 1. The number of benzene rings is 3. The molecule has 1 aromatic heterocycles. The van der Waals surface area contributed by atoms with Crippen LogP contribution in [-0.2, 0) is 0 Å². The number of fused-ring (bicyclic) bond motifs is 1. The standard InChI is InChI=1S/C21H16N4O4/c1-13-7-10-20(19(11-13)24-22-16-5-3-4-6-17(16)23-24)29-21(26)15-8-9-18(25(27)28)14(2)12-15/h3-12H,1-2H3. The quantitative estimate of drug-likeness (QED) is 0.225. The molecule has 0 saturated carbocycles. The summed E-state index contributed by atoms with van der Waals surface area (Å²) in [6.45, 7) is 3.49. The molecule has 29 heavy (non-hydrogen) atoms. The maximum atomic E-state index is 12.6. The Bertz CT molecular complexity index is 1230. The summed E-state index contributed by atoms with van der Waals surface area (Å²) in [6.07, 6.45) is 0. The number of esters is 1. The van der Waals surface area contributed by atoms with E-state index in [1.54, 1.807) is 13.0 Å². The molecule has 0 atom stereocenters. The van der Waals surface area contributed by atoms with Gasteiger partial charge in [-0.25, -0.2) is 4.79 Å². The Morgan fingerprint density at radius 2 is 1.69 bits per heavy atom. The minimum absolute atomic E-state index is 0.0509. The van der Waals surface area contributed by atoms with Crippen LogP contribution >= 0.6 is 0 Å². The highest BCUT2D eigenvalue weighted by atomic mass is 16.6. The molecule has 0 bridgehead atoms. The second kappa shape index (κ2) is 7.16. The maximum absolute atomic E-state index is 12.6. The monoisotopic (exact) mass is 388 g/mol. The van der Waals surface area contributed by atoms with Gasteiger partial charge >= 0.3 is 5.97 Å². The van der Waals surface area contributed by atoms with Crippen LogP contribution < -0.4 is 4.74 Å². The number of ether oxygens (including phenoxy) is 1. The SMILES string of the molecule is Cc1ccc(OC(=O)c2ccc([N+](=O)[O-])c(C)c2)c(-n2nc3ccccc3n2)c1. The molecule has 0 spiro atoms. The summed E-state index contributed by atoms with van der Waals surface area (Å²) in [4.78, 5) is 24.6. The lowest BCUT2D eigenvalue weighted by molar-refractivity contribution is -0.385. The van der Waals surface area contributed by atoms with Crippen molar-refractivity contribution in [2.75, 3.05) is 0 Å². The maximum Gasteiger partial charge on any atom is 0.343 e. The highest BCUT2D eigenvalue weighted by molar-refractivity contribution is 5.92. The van der Waals surface area contributed by atoms with E-state index < -0.39 is 10.9 Å². The van der Waals surface area contributed by atoms with E-state index >= 15 is 0 Å². The van der Waals surface area contributed by atoms with E-state index in [-0.39, 0.29) is 17.0 Å². The molecule has 8 nitrogen and oxygen atoms in total. The average molecular weight is 388 g/mol. The zero-order valence-electron chi connectivity index (χ0n) is 15.7. The minimum Gasteiger partial charge on any atom is -0.421 e. The predicted molar refractivity (Wildman–Crippen MR) is 106 cm³/mol. The molecule has 0 N–H and O–H groups in total. The molecule has 4 rings (SSSR count). The summed E-state index contributed by atoms with van der Waals surface area (Å²) in [6, 6.07) is 16.9. The van der Waals surface area contributed by atoms with Gasteiger partial charge in [0.1, 0.15) is 16.7 Å². The second-order valence-corrected chi connectivity index (χ2v) is 6.60. The van der Waals surface area contributed by atoms with Gasteiger partial charge in [0, 0.05) is 11.6 Å². The number of rotatable bonds is 4. The van der Waals surface area contributed by atoms with Crippen LogP contribution in [0.25, 0.3) is 16.7 Å². The first-order valence-electron chi connectivity index (χ1n) is 8.83. The molecule has 0 aliphatic heterocycles. The van der Waals surface area contributed by atoms with Gasteiger partial charge in [0.25, 0.3) is 5.69 Å². The van der Waals surface area contributed by atoms with Crippen molar-refractivity contribution in [3.63, 3.8) is 0 Å². The molecular weight excluding hydrogens is 372 g/mol. The molecule has 0 amide bonds.